The minimum Gasteiger partial charge on any atom is -0.389 e. The highest BCUT2D eigenvalue weighted by Crippen LogP contribution is 2.16. The lowest BCUT2D eigenvalue weighted by atomic mass is 10.1. The van der Waals surface area contributed by atoms with Crippen LogP contribution < -0.4 is 5.32 Å². The largest absolute Gasteiger partial charge is 0.389 e. The topological polar surface area (TPSA) is 54.4 Å². The second-order valence-electron chi connectivity index (χ2n) is 4.01. The highest BCUT2D eigenvalue weighted by molar-refractivity contribution is 6.29. The van der Waals surface area contributed by atoms with Gasteiger partial charge < -0.3 is 15.2 Å². The first kappa shape index (κ1) is 11.8. The average molecular weight is 243 g/mol. The van der Waals surface area contributed by atoms with Gasteiger partial charge >= 0.3 is 0 Å². The molecule has 4 nitrogen and oxygen atoms in total. The number of halogens is 1. The molecule has 1 aromatic rings. The molecular weight excluding hydrogens is 228 g/mol. The third-order valence-corrected chi connectivity index (χ3v) is 2.99. The fourth-order valence-corrected chi connectivity index (χ4v) is 1.87. The van der Waals surface area contributed by atoms with E-state index in [4.69, 9.17) is 16.3 Å². The Hall–Kier alpha value is -0.680. The maximum absolute atomic E-state index is 9.60. The minimum atomic E-state index is -0.428. The Labute approximate surface area is 99.6 Å². The van der Waals surface area contributed by atoms with Gasteiger partial charge in [-0.15, -0.1) is 0 Å². The molecule has 0 aromatic carbocycles. The van der Waals surface area contributed by atoms with Crippen molar-refractivity contribution in [2.45, 2.75) is 25.1 Å². The van der Waals surface area contributed by atoms with Gasteiger partial charge in [-0.05, 0) is 18.6 Å². The van der Waals surface area contributed by atoms with Crippen LogP contribution in [0.4, 0.5) is 0 Å². The lowest BCUT2D eigenvalue weighted by Gasteiger charge is -2.20. The molecule has 1 aromatic heterocycles. The molecule has 0 radical (unpaired) electrons. The van der Waals surface area contributed by atoms with E-state index >= 15 is 0 Å². The van der Waals surface area contributed by atoms with Crippen LogP contribution in [0.15, 0.2) is 18.3 Å². The first-order chi connectivity index (χ1) is 7.66. The molecule has 1 saturated heterocycles. The number of aliphatic hydroxyl groups is 1. The van der Waals surface area contributed by atoms with Crippen LogP contribution in [0.3, 0.4) is 0 Å². The van der Waals surface area contributed by atoms with Crippen LogP contribution in [0.25, 0.3) is 0 Å². The van der Waals surface area contributed by atoms with Crippen LogP contribution in [0.2, 0.25) is 5.15 Å². The molecule has 1 fully saturated rings. The Morgan fingerprint density at radius 2 is 2.38 bits per heavy atom. The number of hydrogen-bond acceptors (Lipinski definition) is 4. The van der Waals surface area contributed by atoms with E-state index in [0.29, 0.717) is 18.4 Å². The zero-order valence-electron chi connectivity index (χ0n) is 9.06. The first-order valence-electron chi connectivity index (χ1n) is 5.30. The van der Waals surface area contributed by atoms with Crippen molar-refractivity contribution in [3.8, 4) is 0 Å². The van der Waals surface area contributed by atoms with Gasteiger partial charge in [0.05, 0.1) is 25.4 Å². The molecule has 5 heteroatoms. The number of aliphatic hydroxyl groups excluding tert-OH is 1. The fraction of sp³-hybridized carbons (Fsp3) is 0.545. The number of rotatable bonds is 3. The third-order valence-electron chi connectivity index (χ3n) is 2.76. The number of aromatic nitrogens is 1. The maximum Gasteiger partial charge on any atom is 0.129 e. The molecule has 0 saturated carbocycles. The van der Waals surface area contributed by atoms with Crippen molar-refractivity contribution < 1.29 is 9.84 Å². The van der Waals surface area contributed by atoms with Crippen molar-refractivity contribution in [3.63, 3.8) is 0 Å². The Morgan fingerprint density at radius 3 is 2.94 bits per heavy atom. The van der Waals surface area contributed by atoms with E-state index in [0.717, 1.165) is 5.56 Å². The van der Waals surface area contributed by atoms with Crippen LogP contribution in [-0.4, -0.2) is 35.5 Å². The van der Waals surface area contributed by atoms with E-state index in [-0.39, 0.29) is 12.1 Å². The van der Waals surface area contributed by atoms with Gasteiger partial charge in [-0.25, -0.2) is 4.98 Å². The second kappa shape index (κ2) is 5.10. The van der Waals surface area contributed by atoms with E-state index < -0.39 is 6.10 Å². The quantitative estimate of drug-likeness (QED) is 0.781. The number of nitrogens with zero attached hydrogens (tertiary/aromatic N) is 1. The van der Waals surface area contributed by atoms with E-state index in [2.05, 4.69) is 10.3 Å². The molecule has 3 atom stereocenters. The summed E-state index contributed by atoms with van der Waals surface area (Å²) in [5.74, 6) is 0. The summed E-state index contributed by atoms with van der Waals surface area (Å²) in [6, 6.07) is 3.79. The fourth-order valence-electron chi connectivity index (χ4n) is 1.76. The van der Waals surface area contributed by atoms with Gasteiger partial charge in [0.2, 0.25) is 0 Å². The molecule has 1 aliphatic rings. The molecule has 0 aliphatic carbocycles. The van der Waals surface area contributed by atoms with Gasteiger partial charge in [0.15, 0.2) is 0 Å². The highest BCUT2D eigenvalue weighted by atomic mass is 35.5. The van der Waals surface area contributed by atoms with Gasteiger partial charge in [-0.1, -0.05) is 17.7 Å². The molecule has 2 rings (SSSR count). The zero-order chi connectivity index (χ0) is 11.5. The smallest absolute Gasteiger partial charge is 0.129 e. The standard InChI is InChI=1S/C11H15ClN2O2/c1-7(8-2-3-11(12)13-4-8)14-9-5-16-6-10(9)15/h2-4,7,9-10,14-15H,5-6H2,1H3. The molecule has 0 spiro atoms. The molecule has 16 heavy (non-hydrogen) atoms. The summed E-state index contributed by atoms with van der Waals surface area (Å²) in [5.41, 5.74) is 1.04. The number of nitrogens with one attached hydrogen (secondary N) is 1. The summed E-state index contributed by atoms with van der Waals surface area (Å²) in [5, 5.41) is 13.4. The van der Waals surface area contributed by atoms with Gasteiger partial charge in [0.25, 0.3) is 0 Å². The summed E-state index contributed by atoms with van der Waals surface area (Å²) in [7, 11) is 0. The third kappa shape index (κ3) is 2.71. The molecule has 3 unspecified atom stereocenters. The van der Waals surface area contributed by atoms with Gasteiger partial charge in [0, 0.05) is 12.2 Å². The summed E-state index contributed by atoms with van der Waals surface area (Å²) in [6.45, 7) is 2.98. The number of ether oxygens (including phenoxy) is 1. The molecule has 2 N–H and O–H groups in total. The average Bonchev–Trinajstić information content (AvgIpc) is 2.65. The normalized spacial score (nSPS) is 26.9. The number of pyridine rings is 1. The molecule has 2 heterocycles. The van der Waals surface area contributed by atoms with Crippen LogP contribution in [0, 0.1) is 0 Å². The van der Waals surface area contributed by atoms with Crippen LogP contribution in [0.1, 0.15) is 18.5 Å². The predicted octanol–water partition coefficient (Wildman–Crippen LogP) is 1.15. The Bertz CT molecular complexity index is 344. The van der Waals surface area contributed by atoms with Gasteiger partial charge in [0.1, 0.15) is 5.15 Å². The maximum atomic E-state index is 9.60. The summed E-state index contributed by atoms with van der Waals surface area (Å²) >= 11 is 5.72. The van der Waals surface area contributed by atoms with Crippen molar-refractivity contribution in [3.05, 3.63) is 29.0 Å². The van der Waals surface area contributed by atoms with Gasteiger partial charge in [-0.3, -0.25) is 0 Å². The monoisotopic (exact) mass is 242 g/mol. The van der Waals surface area contributed by atoms with Crippen LogP contribution in [-0.2, 0) is 4.74 Å². The van der Waals surface area contributed by atoms with Crippen molar-refractivity contribution in [1.82, 2.24) is 10.3 Å². The summed E-state index contributed by atoms with van der Waals surface area (Å²) in [6.07, 6.45) is 1.31. The van der Waals surface area contributed by atoms with E-state index in [1.807, 2.05) is 13.0 Å². The Balaban J connectivity index is 1.97. The van der Waals surface area contributed by atoms with Gasteiger partial charge in [-0.2, -0.15) is 0 Å². The van der Waals surface area contributed by atoms with Crippen molar-refractivity contribution in [2.24, 2.45) is 0 Å². The lowest BCUT2D eigenvalue weighted by Crippen LogP contribution is -2.40. The molecule has 88 valence electrons. The second-order valence-corrected chi connectivity index (χ2v) is 4.40. The van der Waals surface area contributed by atoms with Crippen molar-refractivity contribution in [1.29, 1.82) is 0 Å². The highest BCUT2D eigenvalue weighted by Gasteiger charge is 2.27. The molecule has 0 bridgehead atoms. The zero-order valence-corrected chi connectivity index (χ0v) is 9.81. The van der Waals surface area contributed by atoms with E-state index in [9.17, 15) is 5.11 Å². The molecule has 1 aliphatic heterocycles. The number of hydrogen-bond donors (Lipinski definition) is 2. The van der Waals surface area contributed by atoms with E-state index in [1.165, 1.54) is 0 Å². The van der Waals surface area contributed by atoms with E-state index in [1.54, 1.807) is 12.3 Å². The van der Waals surface area contributed by atoms with Crippen LogP contribution >= 0.6 is 11.6 Å². The summed E-state index contributed by atoms with van der Waals surface area (Å²) in [4.78, 5) is 4.03. The lowest BCUT2D eigenvalue weighted by molar-refractivity contribution is 0.121. The van der Waals surface area contributed by atoms with Crippen LogP contribution in [0.5, 0.6) is 0 Å². The summed E-state index contributed by atoms with van der Waals surface area (Å²) < 4.78 is 5.18. The van der Waals surface area contributed by atoms with Crippen molar-refractivity contribution in [2.75, 3.05) is 13.2 Å². The Kier molecular flexibility index (Phi) is 3.76. The SMILES string of the molecule is CC(NC1COCC1O)c1ccc(Cl)nc1. The molecular formula is C11H15ClN2O2. The minimum absolute atomic E-state index is 0.00863. The van der Waals surface area contributed by atoms with Crippen molar-refractivity contribution >= 4 is 11.6 Å². The first-order valence-corrected chi connectivity index (χ1v) is 5.68. The predicted molar refractivity (Wildman–Crippen MR) is 61.4 cm³/mol. The molecule has 0 amide bonds. The Morgan fingerprint density at radius 1 is 1.56 bits per heavy atom.